The van der Waals surface area contributed by atoms with E-state index in [1.807, 2.05) is 15.7 Å². The molecule has 0 bridgehead atoms. The summed E-state index contributed by atoms with van der Waals surface area (Å²) < 4.78 is 1.90. The first kappa shape index (κ1) is 11.1. The first-order valence-electron chi connectivity index (χ1n) is 5.67. The Morgan fingerprint density at radius 3 is 2.81 bits per heavy atom. The van der Waals surface area contributed by atoms with Gasteiger partial charge in [0.1, 0.15) is 0 Å². The summed E-state index contributed by atoms with van der Waals surface area (Å²) in [5, 5.41) is 9.34. The predicted octanol–water partition coefficient (Wildman–Crippen LogP) is 0.257. The van der Waals surface area contributed by atoms with Crippen LogP contribution in [0.5, 0.6) is 0 Å². The Bertz CT molecular complexity index is 329. The number of aliphatic hydroxyl groups excluding tert-OH is 1. The van der Waals surface area contributed by atoms with Crippen molar-refractivity contribution in [3.63, 3.8) is 0 Å². The van der Waals surface area contributed by atoms with Gasteiger partial charge in [0.2, 0.25) is 5.91 Å². The second-order valence-electron chi connectivity index (χ2n) is 4.16. The second-order valence-corrected chi connectivity index (χ2v) is 4.16. The third-order valence-corrected chi connectivity index (χ3v) is 2.96. The molecule has 0 aliphatic carbocycles. The van der Waals surface area contributed by atoms with Crippen LogP contribution in [0, 0.1) is 0 Å². The van der Waals surface area contributed by atoms with Gasteiger partial charge >= 0.3 is 0 Å². The standard InChI is InChI=1S/C11H17N3O2/c15-10-1-6-14(7-2-10)11(16)3-5-13-8-4-12-9-13/h4,8-10,15H,1-3,5-7H2. The molecule has 0 spiro atoms. The number of rotatable bonds is 3. The van der Waals surface area contributed by atoms with Crippen LogP contribution in [0.4, 0.5) is 0 Å². The van der Waals surface area contributed by atoms with E-state index in [1.54, 1.807) is 12.5 Å². The minimum atomic E-state index is -0.224. The average molecular weight is 223 g/mol. The smallest absolute Gasteiger partial charge is 0.224 e. The van der Waals surface area contributed by atoms with Crippen molar-refractivity contribution in [3.05, 3.63) is 18.7 Å². The number of aliphatic hydroxyl groups is 1. The molecule has 1 N–H and O–H groups in total. The van der Waals surface area contributed by atoms with Crippen LogP contribution in [0.25, 0.3) is 0 Å². The SMILES string of the molecule is O=C(CCn1ccnc1)N1CCC(O)CC1. The molecule has 0 radical (unpaired) electrons. The number of amides is 1. The van der Waals surface area contributed by atoms with Gasteiger partial charge in [-0.15, -0.1) is 0 Å². The molecule has 1 aliphatic heterocycles. The molecule has 0 atom stereocenters. The van der Waals surface area contributed by atoms with Crippen LogP contribution in [0.1, 0.15) is 19.3 Å². The summed E-state index contributed by atoms with van der Waals surface area (Å²) in [5.41, 5.74) is 0. The molecule has 16 heavy (non-hydrogen) atoms. The van der Waals surface area contributed by atoms with Gasteiger partial charge in [0.25, 0.3) is 0 Å². The lowest BCUT2D eigenvalue weighted by molar-refractivity contribution is -0.133. The zero-order valence-corrected chi connectivity index (χ0v) is 9.25. The van der Waals surface area contributed by atoms with Gasteiger partial charge in [0.05, 0.1) is 12.4 Å². The van der Waals surface area contributed by atoms with E-state index < -0.39 is 0 Å². The molecule has 1 saturated heterocycles. The quantitative estimate of drug-likeness (QED) is 0.799. The largest absolute Gasteiger partial charge is 0.393 e. The van der Waals surface area contributed by atoms with Gasteiger partial charge in [-0.05, 0) is 12.8 Å². The van der Waals surface area contributed by atoms with Crippen molar-refractivity contribution in [1.82, 2.24) is 14.5 Å². The monoisotopic (exact) mass is 223 g/mol. The van der Waals surface area contributed by atoms with Gasteiger partial charge in [-0.2, -0.15) is 0 Å². The lowest BCUT2D eigenvalue weighted by Crippen LogP contribution is -2.40. The molecule has 1 aromatic rings. The number of likely N-dealkylation sites (tertiary alicyclic amines) is 1. The van der Waals surface area contributed by atoms with E-state index in [-0.39, 0.29) is 12.0 Å². The summed E-state index contributed by atoms with van der Waals surface area (Å²) in [5.74, 6) is 0.167. The molecule has 2 rings (SSSR count). The Balaban J connectivity index is 1.75. The van der Waals surface area contributed by atoms with Crippen LogP contribution in [-0.2, 0) is 11.3 Å². The molecule has 0 aromatic carbocycles. The van der Waals surface area contributed by atoms with Gasteiger partial charge in [0.15, 0.2) is 0 Å². The van der Waals surface area contributed by atoms with Crippen molar-refractivity contribution in [2.24, 2.45) is 0 Å². The highest BCUT2D eigenvalue weighted by atomic mass is 16.3. The minimum Gasteiger partial charge on any atom is -0.393 e. The van der Waals surface area contributed by atoms with Crippen LogP contribution in [-0.4, -0.2) is 44.7 Å². The Kier molecular flexibility index (Phi) is 3.56. The lowest BCUT2D eigenvalue weighted by Gasteiger charge is -2.29. The molecule has 2 heterocycles. The van der Waals surface area contributed by atoms with E-state index >= 15 is 0 Å². The normalized spacial score (nSPS) is 17.7. The maximum atomic E-state index is 11.8. The number of carbonyl (C=O) groups excluding carboxylic acids is 1. The number of piperidine rings is 1. The fourth-order valence-corrected chi connectivity index (χ4v) is 1.92. The van der Waals surface area contributed by atoms with Crippen LogP contribution in [0.2, 0.25) is 0 Å². The minimum absolute atomic E-state index is 0.167. The van der Waals surface area contributed by atoms with Gasteiger partial charge in [-0.3, -0.25) is 4.79 Å². The van der Waals surface area contributed by atoms with E-state index in [2.05, 4.69) is 4.98 Å². The molecule has 1 aromatic heterocycles. The highest BCUT2D eigenvalue weighted by Gasteiger charge is 2.20. The summed E-state index contributed by atoms with van der Waals surface area (Å²) in [6.45, 7) is 2.05. The molecule has 0 saturated carbocycles. The van der Waals surface area contributed by atoms with Gasteiger partial charge in [-0.25, -0.2) is 4.98 Å². The van der Waals surface area contributed by atoms with E-state index in [0.29, 0.717) is 38.9 Å². The van der Waals surface area contributed by atoms with Crippen LogP contribution >= 0.6 is 0 Å². The van der Waals surface area contributed by atoms with Gasteiger partial charge < -0.3 is 14.6 Å². The average Bonchev–Trinajstić information content (AvgIpc) is 2.80. The highest BCUT2D eigenvalue weighted by molar-refractivity contribution is 5.76. The Hall–Kier alpha value is -1.36. The highest BCUT2D eigenvalue weighted by Crippen LogP contribution is 2.11. The number of aryl methyl sites for hydroxylation is 1. The van der Waals surface area contributed by atoms with E-state index in [9.17, 15) is 9.90 Å². The Morgan fingerprint density at radius 1 is 1.44 bits per heavy atom. The number of aromatic nitrogens is 2. The molecule has 1 amide bonds. The fraction of sp³-hybridized carbons (Fsp3) is 0.636. The summed E-state index contributed by atoms with van der Waals surface area (Å²) in [6, 6.07) is 0. The maximum Gasteiger partial charge on any atom is 0.224 e. The van der Waals surface area contributed by atoms with Gasteiger partial charge in [0, 0.05) is 38.4 Å². The first-order chi connectivity index (χ1) is 7.75. The molecule has 88 valence electrons. The van der Waals surface area contributed by atoms with E-state index in [1.165, 1.54) is 0 Å². The molecule has 0 unspecified atom stereocenters. The lowest BCUT2D eigenvalue weighted by atomic mass is 10.1. The number of hydrogen-bond acceptors (Lipinski definition) is 3. The Labute approximate surface area is 94.7 Å². The van der Waals surface area contributed by atoms with Crippen LogP contribution < -0.4 is 0 Å². The van der Waals surface area contributed by atoms with Crippen LogP contribution in [0.3, 0.4) is 0 Å². The molecule has 5 heteroatoms. The van der Waals surface area contributed by atoms with Crippen molar-refractivity contribution in [2.75, 3.05) is 13.1 Å². The first-order valence-corrected chi connectivity index (χ1v) is 5.67. The van der Waals surface area contributed by atoms with E-state index in [4.69, 9.17) is 0 Å². The van der Waals surface area contributed by atoms with Crippen molar-refractivity contribution in [3.8, 4) is 0 Å². The Morgan fingerprint density at radius 2 is 2.19 bits per heavy atom. The number of carbonyl (C=O) groups is 1. The molecule has 1 fully saturated rings. The predicted molar refractivity (Wildman–Crippen MR) is 58.7 cm³/mol. The second kappa shape index (κ2) is 5.12. The van der Waals surface area contributed by atoms with Crippen molar-refractivity contribution >= 4 is 5.91 Å². The zero-order chi connectivity index (χ0) is 11.4. The third kappa shape index (κ3) is 2.82. The van der Waals surface area contributed by atoms with Crippen molar-refractivity contribution in [1.29, 1.82) is 0 Å². The molecule has 1 aliphatic rings. The van der Waals surface area contributed by atoms with Crippen molar-refractivity contribution in [2.45, 2.75) is 31.9 Å². The molecule has 5 nitrogen and oxygen atoms in total. The number of imidazole rings is 1. The summed E-state index contributed by atoms with van der Waals surface area (Å²) in [6.07, 6.45) is 6.97. The molecular formula is C11H17N3O2. The van der Waals surface area contributed by atoms with Gasteiger partial charge in [-0.1, -0.05) is 0 Å². The fourth-order valence-electron chi connectivity index (χ4n) is 1.92. The maximum absolute atomic E-state index is 11.8. The number of hydrogen-bond donors (Lipinski definition) is 1. The van der Waals surface area contributed by atoms with Crippen LogP contribution in [0.15, 0.2) is 18.7 Å². The summed E-state index contributed by atoms with van der Waals surface area (Å²) in [4.78, 5) is 17.6. The number of nitrogens with zero attached hydrogens (tertiary/aromatic N) is 3. The third-order valence-electron chi connectivity index (χ3n) is 2.96. The molecular weight excluding hydrogens is 206 g/mol. The zero-order valence-electron chi connectivity index (χ0n) is 9.25. The van der Waals surface area contributed by atoms with Crippen molar-refractivity contribution < 1.29 is 9.90 Å². The van der Waals surface area contributed by atoms with E-state index in [0.717, 1.165) is 0 Å². The summed E-state index contributed by atoms with van der Waals surface area (Å²) in [7, 11) is 0. The topological polar surface area (TPSA) is 58.4 Å². The summed E-state index contributed by atoms with van der Waals surface area (Å²) >= 11 is 0.